The van der Waals surface area contributed by atoms with Crippen molar-refractivity contribution in [3.8, 4) is 11.8 Å². The SMILES string of the molecule is Cc1ccc(NC(=O)/C(C#N)=C/c2ccccc2OC(C)C)cc1Cl. The van der Waals surface area contributed by atoms with E-state index >= 15 is 0 Å². The Hall–Kier alpha value is -2.77. The van der Waals surface area contributed by atoms with Crippen LogP contribution in [0.4, 0.5) is 5.69 Å². The van der Waals surface area contributed by atoms with Crippen molar-refractivity contribution in [3.63, 3.8) is 0 Å². The van der Waals surface area contributed by atoms with Crippen molar-refractivity contribution in [1.82, 2.24) is 0 Å². The number of ether oxygens (including phenoxy) is 1. The highest BCUT2D eigenvalue weighted by Crippen LogP contribution is 2.23. The smallest absolute Gasteiger partial charge is 0.266 e. The summed E-state index contributed by atoms with van der Waals surface area (Å²) >= 11 is 6.06. The monoisotopic (exact) mass is 354 g/mol. The minimum absolute atomic E-state index is 0.0105. The van der Waals surface area contributed by atoms with E-state index in [4.69, 9.17) is 16.3 Å². The Kier molecular flexibility index (Phi) is 6.21. The number of hydrogen-bond acceptors (Lipinski definition) is 3. The molecule has 0 unspecified atom stereocenters. The second kappa shape index (κ2) is 8.36. The van der Waals surface area contributed by atoms with Crippen LogP contribution in [-0.4, -0.2) is 12.0 Å². The molecule has 0 saturated heterocycles. The molecule has 5 heteroatoms. The molecule has 0 heterocycles. The molecule has 4 nitrogen and oxygen atoms in total. The van der Waals surface area contributed by atoms with Crippen LogP contribution in [0.25, 0.3) is 6.08 Å². The number of amides is 1. The van der Waals surface area contributed by atoms with Crippen LogP contribution in [0.3, 0.4) is 0 Å². The molecule has 0 fully saturated rings. The Morgan fingerprint density at radius 3 is 2.64 bits per heavy atom. The van der Waals surface area contributed by atoms with Crippen LogP contribution in [-0.2, 0) is 4.79 Å². The first-order chi connectivity index (χ1) is 11.9. The molecule has 0 spiro atoms. The summed E-state index contributed by atoms with van der Waals surface area (Å²) in [4.78, 5) is 12.4. The molecule has 0 aliphatic rings. The van der Waals surface area contributed by atoms with Gasteiger partial charge in [0.05, 0.1) is 6.10 Å². The van der Waals surface area contributed by atoms with E-state index in [1.165, 1.54) is 6.08 Å². The van der Waals surface area contributed by atoms with Gasteiger partial charge in [-0.1, -0.05) is 35.9 Å². The van der Waals surface area contributed by atoms with Crippen LogP contribution in [0.15, 0.2) is 48.0 Å². The summed E-state index contributed by atoms with van der Waals surface area (Å²) in [5, 5.41) is 12.6. The maximum atomic E-state index is 12.4. The van der Waals surface area contributed by atoms with Crippen molar-refractivity contribution in [2.24, 2.45) is 0 Å². The maximum Gasteiger partial charge on any atom is 0.266 e. The third-order valence-electron chi connectivity index (χ3n) is 3.38. The second-order valence-electron chi connectivity index (χ2n) is 5.79. The summed E-state index contributed by atoms with van der Waals surface area (Å²) < 4.78 is 5.71. The maximum absolute atomic E-state index is 12.4. The average molecular weight is 355 g/mol. The molecular formula is C20H19ClN2O2. The highest BCUT2D eigenvalue weighted by atomic mass is 35.5. The summed E-state index contributed by atoms with van der Waals surface area (Å²) in [6.45, 7) is 5.71. The van der Waals surface area contributed by atoms with Gasteiger partial charge in [0, 0.05) is 16.3 Å². The van der Waals surface area contributed by atoms with E-state index in [-0.39, 0.29) is 11.7 Å². The molecule has 0 aliphatic heterocycles. The molecule has 2 aromatic rings. The summed E-state index contributed by atoms with van der Waals surface area (Å²) in [5.41, 5.74) is 2.10. The first kappa shape index (κ1) is 18.6. The number of benzene rings is 2. The zero-order valence-corrected chi connectivity index (χ0v) is 15.1. The van der Waals surface area contributed by atoms with E-state index in [2.05, 4.69) is 5.32 Å². The second-order valence-corrected chi connectivity index (χ2v) is 6.20. The van der Waals surface area contributed by atoms with Crippen molar-refractivity contribution in [2.45, 2.75) is 26.9 Å². The number of nitriles is 1. The number of para-hydroxylation sites is 1. The zero-order valence-electron chi connectivity index (χ0n) is 14.3. The molecule has 0 saturated carbocycles. The Labute approximate surface area is 152 Å². The number of carbonyl (C=O) groups is 1. The van der Waals surface area contributed by atoms with Crippen LogP contribution in [0.2, 0.25) is 5.02 Å². The highest BCUT2D eigenvalue weighted by molar-refractivity contribution is 6.31. The molecule has 0 aliphatic carbocycles. The van der Waals surface area contributed by atoms with Gasteiger partial charge in [-0.3, -0.25) is 4.79 Å². The van der Waals surface area contributed by atoms with Crippen LogP contribution in [0.1, 0.15) is 25.0 Å². The van der Waals surface area contributed by atoms with E-state index < -0.39 is 5.91 Å². The summed E-state index contributed by atoms with van der Waals surface area (Å²) in [7, 11) is 0. The first-order valence-electron chi connectivity index (χ1n) is 7.85. The van der Waals surface area contributed by atoms with Crippen molar-refractivity contribution in [1.29, 1.82) is 5.26 Å². The first-order valence-corrected chi connectivity index (χ1v) is 8.23. The molecule has 0 radical (unpaired) electrons. The van der Waals surface area contributed by atoms with Gasteiger partial charge in [-0.2, -0.15) is 5.26 Å². The van der Waals surface area contributed by atoms with Crippen molar-refractivity contribution < 1.29 is 9.53 Å². The number of aryl methyl sites for hydroxylation is 1. The molecular weight excluding hydrogens is 336 g/mol. The van der Waals surface area contributed by atoms with E-state index in [9.17, 15) is 10.1 Å². The third kappa shape index (κ3) is 5.10. The lowest BCUT2D eigenvalue weighted by atomic mass is 10.1. The van der Waals surface area contributed by atoms with Gasteiger partial charge in [-0.05, 0) is 50.6 Å². The van der Waals surface area contributed by atoms with Gasteiger partial charge in [0.25, 0.3) is 5.91 Å². The Balaban J connectivity index is 2.27. The zero-order chi connectivity index (χ0) is 18.4. The Morgan fingerprint density at radius 1 is 1.28 bits per heavy atom. The van der Waals surface area contributed by atoms with Crippen LogP contribution in [0, 0.1) is 18.3 Å². The predicted octanol–water partition coefficient (Wildman–Crippen LogP) is 4.98. The molecule has 2 rings (SSSR count). The minimum Gasteiger partial charge on any atom is -0.490 e. The molecule has 0 atom stereocenters. The largest absolute Gasteiger partial charge is 0.490 e. The Bertz CT molecular complexity index is 851. The standard InChI is InChI=1S/C20H19ClN2O2/c1-13(2)25-19-7-5-4-6-15(19)10-16(12-22)20(24)23-17-9-8-14(3)18(21)11-17/h4-11,13H,1-3H3,(H,23,24)/b16-10+. The molecule has 2 aromatic carbocycles. The number of nitrogens with one attached hydrogen (secondary N) is 1. The van der Waals surface area contributed by atoms with Crippen molar-refractivity contribution in [3.05, 3.63) is 64.2 Å². The normalized spacial score (nSPS) is 11.1. The number of carbonyl (C=O) groups excluding carboxylic acids is 1. The van der Waals surface area contributed by atoms with E-state index in [0.717, 1.165) is 5.56 Å². The van der Waals surface area contributed by atoms with E-state index in [1.54, 1.807) is 30.3 Å². The number of anilines is 1. The predicted molar refractivity (Wildman–Crippen MR) is 101 cm³/mol. The summed E-state index contributed by atoms with van der Waals surface area (Å²) in [6, 6.07) is 14.4. The van der Waals surface area contributed by atoms with Gasteiger partial charge < -0.3 is 10.1 Å². The van der Waals surface area contributed by atoms with Gasteiger partial charge in [0.15, 0.2) is 0 Å². The number of hydrogen-bond donors (Lipinski definition) is 1. The number of rotatable bonds is 5. The van der Waals surface area contributed by atoms with Gasteiger partial charge in [-0.15, -0.1) is 0 Å². The lowest BCUT2D eigenvalue weighted by molar-refractivity contribution is -0.112. The molecule has 1 N–H and O–H groups in total. The molecule has 0 aromatic heterocycles. The fourth-order valence-electron chi connectivity index (χ4n) is 2.13. The topological polar surface area (TPSA) is 62.1 Å². The van der Waals surface area contributed by atoms with Gasteiger partial charge in [0.2, 0.25) is 0 Å². The third-order valence-corrected chi connectivity index (χ3v) is 3.78. The lowest BCUT2D eigenvalue weighted by Gasteiger charge is -2.12. The number of halogens is 1. The average Bonchev–Trinajstić information content (AvgIpc) is 2.56. The molecule has 0 bridgehead atoms. The van der Waals surface area contributed by atoms with E-state index in [0.29, 0.717) is 22.0 Å². The van der Waals surface area contributed by atoms with Crippen LogP contribution < -0.4 is 10.1 Å². The minimum atomic E-state index is -0.498. The fourth-order valence-corrected chi connectivity index (χ4v) is 2.31. The van der Waals surface area contributed by atoms with Crippen molar-refractivity contribution >= 4 is 29.3 Å². The van der Waals surface area contributed by atoms with Gasteiger partial charge >= 0.3 is 0 Å². The Morgan fingerprint density at radius 2 is 2.00 bits per heavy atom. The quantitative estimate of drug-likeness (QED) is 0.608. The van der Waals surface area contributed by atoms with Gasteiger partial charge in [0.1, 0.15) is 17.4 Å². The number of nitrogens with zero attached hydrogens (tertiary/aromatic N) is 1. The summed E-state index contributed by atoms with van der Waals surface area (Å²) in [5.74, 6) is 0.123. The molecule has 1 amide bonds. The highest BCUT2D eigenvalue weighted by Gasteiger charge is 2.12. The van der Waals surface area contributed by atoms with Gasteiger partial charge in [-0.25, -0.2) is 0 Å². The van der Waals surface area contributed by atoms with E-state index in [1.807, 2.05) is 39.0 Å². The molecule has 25 heavy (non-hydrogen) atoms. The molecule has 128 valence electrons. The van der Waals surface area contributed by atoms with Crippen LogP contribution >= 0.6 is 11.6 Å². The fraction of sp³-hybridized carbons (Fsp3) is 0.200. The lowest BCUT2D eigenvalue weighted by Crippen LogP contribution is -2.13. The summed E-state index contributed by atoms with van der Waals surface area (Å²) in [6.07, 6.45) is 1.51. The van der Waals surface area contributed by atoms with Crippen molar-refractivity contribution in [2.75, 3.05) is 5.32 Å². The van der Waals surface area contributed by atoms with Crippen LogP contribution in [0.5, 0.6) is 5.75 Å².